The molecule has 0 bridgehead atoms. The van der Waals surface area contributed by atoms with Crippen LogP contribution in [0.5, 0.6) is 11.5 Å². The molecule has 0 saturated carbocycles. The highest BCUT2D eigenvalue weighted by molar-refractivity contribution is 8.04. The van der Waals surface area contributed by atoms with Gasteiger partial charge in [0.2, 0.25) is 0 Å². The predicted octanol–water partition coefficient (Wildman–Crippen LogP) is 6.57. The quantitative estimate of drug-likeness (QED) is 0.346. The van der Waals surface area contributed by atoms with Gasteiger partial charge in [-0.2, -0.15) is 0 Å². The van der Waals surface area contributed by atoms with Crippen LogP contribution in [0.15, 0.2) is 47.4 Å². The maximum atomic E-state index is 12.9. The van der Waals surface area contributed by atoms with E-state index in [0.717, 1.165) is 38.4 Å². The first-order chi connectivity index (χ1) is 17.1. The molecule has 2 aliphatic rings. The second-order valence-corrected chi connectivity index (χ2v) is 10.8. The zero-order chi connectivity index (χ0) is 26.0. The van der Waals surface area contributed by atoms with Crippen LogP contribution >= 0.6 is 11.8 Å². The number of fused-ring (bicyclic) bond motifs is 1. The van der Waals surface area contributed by atoms with Crippen molar-refractivity contribution in [2.24, 2.45) is 0 Å². The van der Waals surface area contributed by atoms with Gasteiger partial charge in [0.1, 0.15) is 23.4 Å². The largest absolute Gasteiger partial charge is 0.513 e. The summed E-state index contributed by atoms with van der Waals surface area (Å²) in [5.74, 6) is 0.589. The Hall–Kier alpha value is -3.39. The number of allylic oxidation sites excluding steroid dienone is 3. The van der Waals surface area contributed by atoms with Gasteiger partial charge < -0.3 is 24.3 Å². The number of anilines is 1. The van der Waals surface area contributed by atoms with Crippen LogP contribution in [0.1, 0.15) is 45.2 Å². The molecule has 0 aliphatic carbocycles. The van der Waals surface area contributed by atoms with Crippen molar-refractivity contribution in [3.63, 3.8) is 0 Å². The van der Waals surface area contributed by atoms with E-state index in [4.69, 9.17) is 14.2 Å². The first-order valence-electron chi connectivity index (χ1n) is 11.7. The van der Waals surface area contributed by atoms with Crippen molar-refractivity contribution in [3.8, 4) is 22.6 Å². The molecule has 190 valence electrons. The van der Waals surface area contributed by atoms with Gasteiger partial charge in [0.05, 0.1) is 19.8 Å². The van der Waals surface area contributed by atoms with Gasteiger partial charge in [0.15, 0.2) is 0 Å². The molecule has 0 amide bonds. The van der Waals surface area contributed by atoms with Crippen molar-refractivity contribution in [1.29, 1.82) is 0 Å². The lowest BCUT2D eigenvalue weighted by Crippen LogP contribution is -2.32. The van der Waals surface area contributed by atoms with E-state index >= 15 is 0 Å². The molecule has 2 aromatic carbocycles. The summed E-state index contributed by atoms with van der Waals surface area (Å²) in [6.45, 7) is 8.42. The van der Waals surface area contributed by atoms with Gasteiger partial charge in [-0.05, 0) is 68.4 Å². The number of benzene rings is 2. The number of ether oxygens (including phenoxy) is 4. The Balaban J connectivity index is 1.76. The van der Waals surface area contributed by atoms with E-state index in [9.17, 15) is 9.59 Å². The van der Waals surface area contributed by atoms with Crippen LogP contribution < -0.4 is 14.8 Å². The summed E-state index contributed by atoms with van der Waals surface area (Å²) in [6, 6.07) is 9.17. The van der Waals surface area contributed by atoms with Crippen LogP contribution in [0.3, 0.4) is 0 Å². The Morgan fingerprint density at radius 3 is 2.53 bits per heavy atom. The highest BCUT2D eigenvalue weighted by Gasteiger charge is 2.29. The van der Waals surface area contributed by atoms with Crippen LogP contribution in [0.2, 0.25) is 0 Å². The van der Waals surface area contributed by atoms with Crippen molar-refractivity contribution < 1.29 is 28.5 Å². The van der Waals surface area contributed by atoms with E-state index in [1.807, 2.05) is 25.1 Å². The van der Waals surface area contributed by atoms with Gasteiger partial charge in [-0.15, -0.1) is 11.8 Å². The van der Waals surface area contributed by atoms with Gasteiger partial charge >= 0.3 is 12.1 Å². The lowest BCUT2D eigenvalue weighted by atomic mass is 9.85. The van der Waals surface area contributed by atoms with E-state index in [1.54, 1.807) is 31.0 Å². The molecule has 4 rings (SSSR count). The second kappa shape index (κ2) is 10.3. The highest BCUT2D eigenvalue weighted by Crippen LogP contribution is 2.43. The summed E-state index contributed by atoms with van der Waals surface area (Å²) in [7, 11) is 2.81. The van der Waals surface area contributed by atoms with E-state index in [0.29, 0.717) is 17.9 Å². The van der Waals surface area contributed by atoms with Crippen LogP contribution in [-0.2, 0) is 20.9 Å². The molecule has 2 aliphatic heterocycles. The molecule has 36 heavy (non-hydrogen) atoms. The SMILES string of the molecule is COC(=O)Oc1ccc(-c2ccc3c(c2COC(=O)C2CC=C(C)S2)C(C)=CC(C)(C)N3)c(OC)c1. The maximum absolute atomic E-state index is 12.9. The molecule has 0 saturated heterocycles. The molecule has 0 fully saturated rings. The minimum absolute atomic E-state index is 0.115. The van der Waals surface area contributed by atoms with Crippen LogP contribution in [-0.4, -0.2) is 37.1 Å². The molecule has 8 heteroatoms. The zero-order valence-corrected chi connectivity index (χ0v) is 22.2. The Bertz CT molecular complexity index is 1260. The monoisotopic (exact) mass is 509 g/mol. The van der Waals surface area contributed by atoms with E-state index in [-0.39, 0.29) is 23.4 Å². The lowest BCUT2D eigenvalue weighted by Gasteiger charge is -2.33. The van der Waals surface area contributed by atoms with Crippen LogP contribution in [0.4, 0.5) is 10.5 Å². The number of methoxy groups -OCH3 is 2. The van der Waals surface area contributed by atoms with Crippen molar-refractivity contribution in [3.05, 3.63) is 58.5 Å². The molecule has 2 aromatic rings. The Labute approximate surface area is 215 Å². The van der Waals surface area contributed by atoms with Crippen LogP contribution in [0.25, 0.3) is 16.7 Å². The van der Waals surface area contributed by atoms with Crippen LogP contribution in [0, 0.1) is 0 Å². The average molecular weight is 510 g/mol. The fourth-order valence-electron chi connectivity index (χ4n) is 4.67. The molecule has 1 atom stereocenters. The number of carbonyl (C=O) groups excluding carboxylic acids is 2. The molecule has 0 radical (unpaired) electrons. The molecular weight excluding hydrogens is 478 g/mol. The standard InChI is InChI=1S/C28H31NO6S/c1-16-14-28(3,4)29-22-11-10-19(20-9-8-18(13-23(20)32-5)35-27(31)33-6)21(25(16)22)15-34-26(30)24-12-7-17(2)36-24/h7-11,13-14,24,29H,12,15H2,1-6H3. The summed E-state index contributed by atoms with van der Waals surface area (Å²) in [5.41, 5.74) is 5.40. The summed E-state index contributed by atoms with van der Waals surface area (Å²) < 4.78 is 21.3. The van der Waals surface area contributed by atoms with Gasteiger partial charge in [0.25, 0.3) is 0 Å². The van der Waals surface area contributed by atoms with Gasteiger partial charge in [-0.3, -0.25) is 4.79 Å². The number of rotatable bonds is 6. The maximum Gasteiger partial charge on any atom is 0.513 e. The van der Waals surface area contributed by atoms with E-state index < -0.39 is 6.16 Å². The molecular formula is C28H31NO6S. The third-order valence-electron chi connectivity index (χ3n) is 6.14. The fourth-order valence-corrected chi connectivity index (χ4v) is 5.67. The third kappa shape index (κ3) is 5.38. The van der Waals surface area contributed by atoms with Gasteiger partial charge in [-0.1, -0.05) is 18.2 Å². The number of nitrogens with one attached hydrogen (secondary N) is 1. The second-order valence-electron chi connectivity index (χ2n) is 9.37. The molecule has 7 nitrogen and oxygen atoms in total. The predicted molar refractivity (Wildman–Crippen MR) is 142 cm³/mol. The molecule has 0 spiro atoms. The Kier molecular flexibility index (Phi) is 7.36. The van der Waals surface area contributed by atoms with E-state index in [1.165, 1.54) is 7.11 Å². The number of hydrogen-bond acceptors (Lipinski definition) is 8. The smallest absolute Gasteiger partial charge is 0.496 e. The van der Waals surface area contributed by atoms with Crippen molar-refractivity contribution in [2.45, 2.75) is 51.5 Å². The number of thioether (sulfide) groups is 1. The van der Waals surface area contributed by atoms with Gasteiger partial charge in [-0.25, -0.2) is 4.79 Å². The fraction of sp³-hybridized carbons (Fsp3) is 0.357. The van der Waals surface area contributed by atoms with Gasteiger partial charge in [0, 0.05) is 28.4 Å². The molecule has 1 unspecified atom stereocenters. The highest BCUT2D eigenvalue weighted by atomic mass is 32.2. The number of hydrogen-bond donors (Lipinski definition) is 1. The molecule has 0 aromatic heterocycles. The minimum atomic E-state index is -0.810. The third-order valence-corrected chi connectivity index (χ3v) is 7.35. The normalized spacial score (nSPS) is 17.8. The summed E-state index contributed by atoms with van der Waals surface area (Å²) in [6.07, 6.45) is 4.11. The minimum Gasteiger partial charge on any atom is -0.496 e. The van der Waals surface area contributed by atoms with Crippen molar-refractivity contribution in [1.82, 2.24) is 0 Å². The average Bonchev–Trinajstić information content (AvgIpc) is 3.27. The zero-order valence-electron chi connectivity index (χ0n) is 21.4. The summed E-state index contributed by atoms with van der Waals surface area (Å²) in [5, 5.41) is 3.35. The first-order valence-corrected chi connectivity index (χ1v) is 12.6. The summed E-state index contributed by atoms with van der Waals surface area (Å²) >= 11 is 1.54. The first kappa shape index (κ1) is 25.7. The molecule has 2 heterocycles. The topological polar surface area (TPSA) is 83.1 Å². The van der Waals surface area contributed by atoms with Crippen molar-refractivity contribution in [2.75, 3.05) is 19.5 Å². The summed E-state index contributed by atoms with van der Waals surface area (Å²) in [4.78, 5) is 25.6. The Morgan fingerprint density at radius 2 is 1.86 bits per heavy atom. The Morgan fingerprint density at radius 1 is 1.11 bits per heavy atom. The number of carbonyl (C=O) groups is 2. The van der Waals surface area contributed by atoms with Crippen molar-refractivity contribution >= 4 is 35.1 Å². The molecule has 1 N–H and O–H groups in total. The lowest BCUT2D eigenvalue weighted by molar-refractivity contribution is -0.144. The van der Waals surface area contributed by atoms with E-state index in [2.05, 4.69) is 43.0 Å². The number of esters is 1.